The normalized spacial score (nSPS) is 21.2. The molecule has 0 spiro atoms. The smallest absolute Gasteiger partial charge is 0.359 e. The summed E-state index contributed by atoms with van der Waals surface area (Å²) in [5.41, 5.74) is 2.72. The van der Waals surface area contributed by atoms with Crippen LogP contribution < -0.4 is 10.8 Å². The van der Waals surface area contributed by atoms with E-state index in [1.807, 2.05) is 0 Å². The lowest BCUT2D eigenvalue weighted by atomic mass is 10.2. The Kier molecular flexibility index (Phi) is 3.54. The van der Waals surface area contributed by atoms with Crippen LogP contribution in [0.5, 0.6) is 0 Å². The summed E-state index contributed by atoms with van der Waals surface area (Å²) in [5.74, 6) is 0. The van der Waals surface area contributed by atoms with Crippen LogP contribution in [0, 0.1) is 0 Å². The van der Waals surface area contributed by atoms with Crippen LogP contribution in [0.3, 0.4) is 0 Å². The maximum Gasteiger partial charge on any atom is 0.416 e. The lowest BCUT2D eigenvalue weighted by Crippen LogP contribution is -2.36. The van der Waals surface area contributed by atoms with Gasteiger partial charge in [0.05, 0.1) is 5.56 Å². The van der Waals surface area contributed by atoms with E-state index in [1.165, 1.54) is 12.1 Å². The van der Waals surface area contributed by atoms with E-state index in [9.17, 15) is 13.2 Å². The number of nitrogens with one attached hydrogen (secondary N) is 2. The number of rotatable bonds is 2. The Morgan fingerprint density at radius 3 is 2.47 bits per heavy atom. The van der Waals surface area contributed by atoms with E-state index in [1.54, 1.807) is 0 Å². The molecule has 94 valence electrons. The van der Waals surface area contributed by atoms with Crippen molar-refractivity contribution in [3.63, 3.8) is 0 Å². The molecule has 2 N–H and O–H groups in total. The highest BCUT2D eigenvalue weighted by molar-refractivity contribution is 5.45. The minimum Gasteiger partial charge on any atom is -0.359 e. The van der Waals surface area contributed by atoms with Crippen molar-refractivity contribution in [2.75, 3.05) is 11.9 Å². The summed E-state index contributed by atoms with van der Waals surface area (Å²) in [6, 6.07) is 4.92. The fourth-order valence-corrected chi connectivity index (χ4v) is 1.62. The summed E-state index contributed by atoms with van der Waals surface area (Å²) in [4.78, 5) is 5.20. The number of benzene rings is 1. The van der Waals surface area contributed by atoms with E-state index in [2.05, 4.69) is 10.8 Å². The first-order chi connectivity index (χ1) is 8.05. The predicted molar refractivity (Wildman–Crippen MR) is 57.2 cm³/mol. The Morgan fingerprint density at radius 2 is 1.94 bits per heavy atom. The Morgan fingerprint density at radius 1 is 1.24 bits per heavy atom. The highest BCUT2D eigenvalue weighted by Gasteiger charge is 2.30. The third-order valence-electron chi connectivity index (χ3n) is 2.51. The topological polar surface area (TPSA) is 33.3 Å². The van der Waals surface area contributed by atoms with Crippen molar-refractivity contribution in [1.29, 1.82) is 0 Å². The average molecular weight is 246 g/mol. The standard InChI is InChI=1S/C11H13F3N2O/c12-11(13,14)8-3-5-9(6-4-8)16-10-2-1-7-15-17-10/h3-6,10,15-16H,1-2,7H2. The molecule has 0 aliphatic carbocycles. The van der Waals surface area contributed by atoms with Crippen LogP contribution in [0.15, 0.2) is 24.3 Å². The number of hydrogen-bond acceptors (Lipinski definition) is 3. The van der Waals surface area contributed by atoms with Crippen molar-refractivity contribution in [1.82, 2.24) is 5.48 Å². The van der Waals surface area contributed by atoms with Gasteiger partial charge in [0.1, 0.15) is 6.23 Å². The number of anilines is 1. The summed E-state index contributed by atoms with van der Waals surface area (Å²) < 4.78 is 37.0. The molecule has 6 heteroatoms. The molecule has 1 fully saturated rings. The van der Waals surface area contributed by atoms with Crippen molar-refractivity contribution in [2.24, 2.45) is 0 Å². The number of hydrogen-bond donors (Lipinski definition) is 2. The third kappa shape index (κ3) is 3.34. The van der Waals surface area contributed by atoms with Gasteiger partial charge in [-0.3, -0.25) is 4.84 Å². The predicted octanol–water partition coefficient (Wildman–Crippen LogP) is 2.76. The van der Waals surface area contributed by atoms with E-state index in [4.69, 9.17) is 4.84 Å². The van der Waals surface area contributed by atoms with Gasteiger partial charge in [0.2, 0.25) is 0 Å². The summed E-state index contributed by atoms with van der Waals surface area (Å²) in [6.07, 6.45) is -2.69. The molecule has 1 atom stereocenters. The number of halogens is 3. The molecule has 3 nitrogen and oxygen atoms in total. The van der Waals surface area contributed by atoms with Gasteiger partial charge < -0.3 is 5.32 Å². The lowest BCUT2D eigenvalue weighted by Gasteiger charge is -2.24. The molecule has 1 aromatic rings. The molecule has 0 radical (unpaired) electrons. The lowest BCUT2D eigenvalue weighted by molar-refractivity contribution is -0.137. The molecule has 2 rings (SSSR count). The van der Waals surface area contributed by atoms with Gasteiger partial charge in [-0.15, -0.1) is 0 Å². The Hall–Kier alpha value is -1.27. The Bertz CT molecular complexity index is 358. The second-order valence-electron chi connectivity index (χ2n) is 3.86. The van der Waals surface area contributed by atoms with Crippen molar-refractivity contribution in [3.05, 3.63) is 29.8 Å². The minimum absolute atomic E-state index is 0.194. The Labute approximate surface area is 96.9 Å². The van der Waals surface area contributed by atoms with Gasteiger partial charge in [0.15, 0.2) is 0 Å². The second-order valence-corrected chi connectivity index (χ2v) is 3.86. The zero-order chi connectivity index (χ0) is 12.3. The molecular formula is C11H13F3N2O. The number of hydroxylamine groups is 1. The van der Waals surface area contributed by atoms with Gasteiger partial charge in [0, 0.05) is 12.2 Å². The van der Waals surface area contributed by atoms with Crippen LogP contribution in [-0.2, 0) is 11.0 Å². The summed E-state index contributed by atoms with van der Waals surface area (Å²) >= 11 is 0. The summed E-state index contributed by atoms with van der Waals surface area (Å²) in [7, 11) is 0. The van der Waals surface area contributed by atoms with Gasteiger partial charge >= 0.3 is 6.18 Å². The van der Waals surface area contributed by atoms with Gasteiger partial charge in [-0.05, 0) is 37.1 Å². The molecular weight excluding hydrogens is 233 g/mol. The Balaban J connectivity index is 1.98. The largest absolute Gasteiger partial charge is 0.416 e. The van der Waals surface area contributed by atoms with E-state index < -0.39 is 11.7 Å². The van der Waals surface area contributed by atoms with Crippen molar-refractivity contribution >= 4 is 5.69 Å². The van der Waals surface area contributed by atoms with E-state index in [0.717, 1.165) is 31.5 Å². The fourth-order valence-electron chi connectivity index (χ4n) is 1.62. The zero-order valence-corrected chi connectivity index (χ0v) is 9.05. The van der Waals surface area contributed by atoms with Gasteiger partial charge in [-0.1, -0.05) is 0 Å². The quantitative estimate of drug-likeness (QED) is 0.841. The van der Waals surface area contributed by atoms with Crippen LogP contribution in [0.4, 0.5) is 18.9 Å². The first-order valence-corrected chi connectivity index (χ1v) is 5.38. The van der Waals surface area contributed by atoms with Crippen LogP contribution in [0.25, 0.3) is 0 Å². The molecule has 17 heavy (non-hydrogen) atoms. The van der Waals surface area contributed by atoms with E-state index in [0.29, 0.717) is 5.69 Å². The highest BCUT2D eigenvalue weighted by atomic mass is 19.4. The summed E-state index contributed by atoms with van der Waals surface area (Å²) in [6.45, 7) is 0.797. The third-order valence-corrected chi connectivity index (χ3v) is 2.51. The maximum atomic E-state index is 12.3. The first kappa shape index (κ1) is 12.2. The average Bonchev–Trinajstić information content (AvgIpc) is 2.30. The van der Waals surface area contributed by atoms with Gasteiger partial charge in [0.25, 0.3) is 0 Å². The molecule has 1 aliphatic heterocycles. The minimum atomic E-state index is -4.29. The van der Waals surface area contributed by atoms with Crippen LogP contribution in [-0.4, -0.2) is 12.8 Å². The molecule has 0 amide bonds. The van der Waals surface area contributed by atoms with Crippen molar-refractivity contribution < 1.29 is 18.0 Å². The maximum absolute atomic E-state index is 12.3. The van der Waals surface area contributed by atoms with Gasteiger partial charge in [-0.25, -0.2) is 5.48 Å². The molecule has 0 bridgehead atoms. The first-order valence-electron chi connectivity index (χ1n) is 5.38. The molecule has 1 heterocycles. The molecule has 1 aliphatic rings. The monoisotopic (exact) mass is 246 g/mol. The molecule has 1 unspecified atom stereocenters. The molecule has 0 aromatic heterocycles. The van der Waals surface area contributed by atoms with Crippen LogP contribution in [0.2, 0.25) is 0 Å². The fraction of sp³-hybridized carbons (Fsp3) is 0.455. The van der Waals surface area contributed by atoms with Crippen LogP contribution >= 0.6 is 0 Å². The van der Waals surface area contributed by atoms with Crippen molar-refractivity contribution in [3.8, 4) is 0 Å². The molecule has 1 aromatic carbocycles. The SMILES string of the molecule is FC(F)(F)c1ccc(NC2CCCNO2)cc1. The number of alkyl halides is 3. The van der Waals surface area contributed by atoms with E-state index in [-0.39, 0.29) is 6.23 Å². The van der Waals surface area contributed by atoms with E-state index >= 15 is 0 Å². The summed E-state index contributed by atoms with van der Waals surface area (Å²) in [5, 5.41) is 3.01. The van der Waals surface area contributed by atoms with Crippen molar-refractivity contribution in [2.45, 2.75) is 25.2 Å². The molecule has 1 saturated heterocycles. The zero-order valence-electron chi connectivity index (χ0n) is 9.05. The molecule has 0 saturated carbocycles. The van der Waals surface area contributed by atoms with Gasteiger partial charge in [-0.2, -0.15) is 13.2 Å². The second kappa shape index (κ2) is 4.93. The highest BCUT2D eigenvalue weighted by Crippen LogP contribution is 2.30. The van der Waals surface area contributed by atoms with Crippen LogP contribution in [0.1, 0.15) is 18.4 Å².